The van der Waals surface area contributed by atoms with Crippen LogP contribution in [0.2, 0.25) is 0 Å². The largest absolute Gasteiger partial charge is 0.473 e. The van der Waals surface area contributed by atoms with E-state index in [9.17, 15) is 13.2 Å². The molecular formula is C15H16F3N3O. The van der Waals surface area contributed by atoms with Crippen LogP contribution in [0.15, 0.2) is 29.0 Å². The lowest BCUT2D eigenvalue weighted by molar-refractivity contribution is 0.277. The van der Waals surface area contributed by atoms with E-state index in [1.54, 1.807) is 6.08 Å². The number of benzene rings is 1. The fourth-order valence-corrected chi connectivity index (χ4v) is 2.55. The van der Waals surface area contributed by atoms with Gasteiger partial charge in [0.2, 0.25) is 5.90 Å². The quantitative estimate of drug-likeness (QED) is 0.786. The van der Waals surface area contributed by atoms with Crippen molar-refractivity contribution in [3.05, 3.63) is 47.0 Å². The number of likely N-dealkylation sites (N-methyl/N-ethyl adjacent to an activating group) is 1. The average molecular weight is 311 g/mol. The molecule has 7 heteroatoms. The maximum Gasteiger partial charge on any atom is 0.214 e. The number of hydrogen-bond donors (Lipinski definition) is 0. The van der Waals surface area contributed by atoms with Gasteiger partial charge in [0.05, 0.1) is 0 Å². The summed E-state index contributed by atoms with van der Waals surface area (Å²) in [5.74, 6) is -2.51. The third kappa shape index (κ3) is 2.63. The molecular weight excluding hydrogens is 295 g/mol. The predicted octanol–water partition coefficient (Wildman–Crippen LogP) is 2.47. The third-order valence-electron chi connectivity index (χ3n) is 3.91. The predicted molar refractivity (Wildman–Crippen MR) is 75.4 cm³/mol. The molecule has 0 amide bonds. The Balaban J connectivity index is 1.69. The van der Waals surface area contributed by atoms with Gasteiger partial charge in [-0.25, -0.2) is 18.2 Å². The SMILES string of the molecule is C[C@H]1CN2CN=C(OCc3cc(F)c(F)c(F)c3)C=C2N1C. The summed E-state index contributed by atoms with van der Waals surface area (Å²) in [6.45, 7) is 3.43. The number of aliphatic imine (C=N–C) groups is 1. The summed E-state index contributed by atoms with van der Waals surface area (Å²) in [5.41, 5.74) is 0.216. The minimum Gasteiger partial charge on any atom is -0.473 e. The van der Waals surface area contributed by atoms with Crippen molar-refractivity contribution in [2.45, 2.75) is 19.6 Å². The number of halogens is 3. The molecule has 2 aliphatic heterocycles. The first-order valence-electron chi connectivity index (χ1n) is 6.96. The molecule has 0 aliphatic carbocycles. The molecule has 0 saturated carbocycles. The van der Waals surface area contributed by atoms with Gasteiger partial charge in [0.25, 0.3) is 0 Å². The molecule has 0 N–H and O–H groups in total. The van der Waals surface area contributed by atoms with Crippen LogP contribution >= 0.6 is 0 Å². The Morgan fingerprint density at radius 2 is 1.95 bits per heavy atom. The second kappa shape index (κ2) is 5.55. The van der Waals surface area contributed by atoms with E-state index in [2.05, 4.69) is 21.7 Å². The molecule has 2 heterocycles. The Morgan fingerprint density at radius 3 is 2.64 bits per heavy atom. The Kier molecular flexibility index (Phi) is 3.72. The van der Waals surface area contributed by atoms with Gasteiger partial charge in [-0.05, 0) is 24.6 Å². The molecule has 1 atom stereocenters. The van der Waals surface area contributed by atoms with Crippen molar-refractivity contribution in [1.82, 2.24) is 9.80 Å². The highest BCUT2D eigenvalue weighted by molar-refractivity contribution is 5.88. The lowest BCUT2D eigenvalue weighted by atomic mass is 10.2. The Hall–Kier alpha value is -2.18. The van der Waals surface area contributed by atoms with Gasteiger partial charge in [-0.15, -0.1) is 0 Å². The van der Waals surface area contributed by atoms with Crippen molar-refractivity contribution in [2.75, 3.05) is 20.3 Å². The van der Waals surface area contributed by atoms with E-state index in [0.717, 1.165) is 24.5 Å². The Labute approximate surface area is 126 Å². The summed E-state index contributed by atoms with van der Waals surface area (Å²) in [6.07, 6.45) is 1.79. The van der Waals surface area contributed by atoms with Gasteiger partial charge in [0.1, 0.15) is 19.1 Å². The van der Waals surface area contributed by atoms with Crippen LogP contribution in [0.1, 0.15) is 12.5 Å². The van der Waals surface area contributed by atoms with E-state index in [0.29, 0.717) is 18.6 Å². The fourth-order valence-electron chi connectivity index (χ4n) is 2.55. The van der Waals surface area contributed by atoms with Crippen molar-refractivity contribution in [1.29, 1.82) is 0 Å². The lowest BCUT2D eigenvalue weighted by Gasteiger charge is -2.24. The summed E-state index contributed by atoms with van der Waals surface area (Å²) in [7, 11) is 1.99. The molecule has 2 aliphatic rings. The zero-order chi connectivity index (χ0) is 15.9. The highest BCUT2D eigenvalue weighted by Gasteiger charge is 2.30. The van der Waals surface area contributed by atoms with Gasteiger partial charge < -0.3 is 14.5 Å². The number of hydrogen-bond acceptors (Lipinski definition) is 4. The standard InChI is InChI=1S/C15H16F3N3O/c1-9-6-21-8-19-13(5-14(21)20(9)2)22-7-10-3-11(16)15(18)12(17)4-10/h3-5,9H,6-8H2,1-2H3/t9-/m0/s1. The van der Waals surface area contributed by atoms with Crippen LogP contribution in [0, 0.1) is 17.5 Å². The van der Waals surface area contributed by atoms with Crippen molar-refractivity contribution in [3.8, 4) is 0 Å². The van der Waals surface area contributed by atoms with Gasteiger partial charge in [-0.3, -0.25) is 0 Å². The first kappa shape index (κ1) is 14.7. The normalized spacial score (nSPS) is 20.7. The van der Waals surface area contributed by atoms with Gasteiger partial charge in [0.15, 0.2) is 17.5 Å². The van der Waals surface area contributed by atoms with Gasteiger partial charge in [0, 0.05) is 25.7 Å². The topological polar surface area (TPSA) is 28.1 Å². The molecule has 4 nitrogen and oxygen atoms in total. The molecule has 0 unspecified atom stereocenters. The third-order valence-corrected chi connectivity index (χ3v) is 3.91. The van der Waals surface area contributed by atoms with Gasteiger partial charge in [-0.2, -0.15) is 0 Å². The lowest BCUT2D eigenvalue weighted by Crippen LogP contribution is -2.27. The molecule has 1 aromatic carbocycles. The first-order valence-corrected chi connectivity index (χ1v) is 6.96. The summed E-state index contributed by atoms with van der Waals surface area (Å²) in [6, 6.07) is 2.23. The molecule has 3 rings (SSSR count). The van der Waals surface area contributed by atoms with Crippen LogP contribution in [0.25, 0.3) is 0 Å². The molecule has 0 radical (unpaired) electrons. The minimum absolute atomic E-state index is 0.0734. The van der Waals surface area contributed by atoms with Gasteiger partial charge in [-0.1, -0.05) is 0 Å². The summed E-state index contributed by atoms with van der Waals surface area (Å²) >= 11 is 0. The van der Waals surface area contributed by atoms with Crippen molar-refractivity contribution >= 4 is 5.90 Å². The highest BCUT2D eigenvalue weighted by atomic mass is 19.2. The van der Waals surface area contributed by atoms with E-state index in [4.69, 9.17) is 4.74 Å². The summed E-state index contributed by atoms with van der Waals surface area (Å²) < 4.78 is 44.7. The average Bonchev–Trinajstić information content (AvgIpc) is 2.77. The molecule has 1 aromatic rings. The van der Waals surface area contributed by atoms with E-state index in [-0.39, 0.29) is 12.2 Å². The summed E-state index contributed by atoms with van der Waals surface area (Å²) in [5, 5.41) is 0. The monoisotopic (exact) mass is 311 g/mol. The van der Waals surface area contributed by atoms with E-state index in [1.165, 1.54) is 0 Å². The smallest absolute Gasteiger partial charge is 0.214 e. The van der Waals surface area contributed by atoms with E-state index >= 15 is 0 Å². The number of ether oxygens (including phenoxy) is 1. The van der Waals surface area contributed by atoms with Crippen LogP contribution in [0.5, 0.6) is 0 Å². The maximum absolute atomic E-state index is 13.2. The molecule has 1 saturated heterocycles. The second-order valence-electron chi connectivity index (χ2n) is 5.48. The number of fused-ring (bicyclic) bond motifs is 1. The van der Waals surface area contributed by atoms with Crippen LogP contribution in [0.3, 0.4) is 0 Å². The Morgan fingerprint density at radius 1 is 1.27 bits per heavy atom. The molecule has 0 aromatic heterocycles. The van der Waals surface area contributed by atoms with Crippen molar-refractivity contribution in [3.63, 3.8) is 0 Å². The van der Waals surface area contributed by atoms with Crippen LogP contribution in [0.4, 0.5) is 13.2 Å². The van der Waals surface area contributed by atoms with Crippen molar-refractivity contribution < 1.29 is 17.9 Å². The highest BCUT2D eigenvalue weighted by Crippen LogP contribution is 2.24. The molecule has 0 bridgehead atoms. The number of nitrogens with zero attached hydrogens (tertiary/aromatic N) is 3. The second-order valence-corrected chi connectivity index (χ2v) is 5.48. The zero-order valence-corrected chi connectivity index (χ0v) is 12.3. The number of rotatable bonds is 2. The molecule has 0 spiro atoms. The molecule has 118 valence electrons. The Bertz CT molecular complexity index is 632. The van der Waals surface area contributed by atoms with Crippen LogP contribution < -0.4 is 0 Å². The first-order chi connectivity index (χ1) is 10.5. The van der Waals surface area contributed by atoms with Crippen LogP contribution in [-0.2, 0) is 11.3 Å². The molecule has 1 fully saturated rings. The maximum atomic E-state index is 13.2. The molecule has 22 heavy (non-hydrogen) atoms. The zero-order valence-electron chi connectivity index (χ0n) is 12.3. The van der Waals surface area contributed by atoms with E-state index in [1.807, 2.05) is 7.05 Å². The minimum atomic E-state index is -1.47. The van der Waals surface area contributed by atoms with Crippen molar-refractivity contribution in [2.24, 2.45) is 4.99 Å². The van der Waals surface area contributed by atoms with E-state index < -0.39 is 17.5 Å². The van der Waals surface area contributed by atoms with Gasteiger partial charge >= 0.3 is 0 Å². The summed E-state index contributed by atoms with van der Waals surface area (Å²) in [4.78, 5) is 8.51. The van der Waals surface area contributed by atoms with Crippen LogP contribution in [-0.4, -0.2) is 42.0 Å². The fraction of sp³-hybridized carbons (Fsp3) is 0.400.